The highest BCUT2D eigenvalue weighted by molar-refractivity contribution is 6.62. The molecule has 126 valence electrons. The van der Waals surface area contributed by atoms with Crippen molar-refractivity contribution in [1.82, 2.24) is 9.97 Å². The van der Waals surface area contributed by atoms with E-state index in [0.717, 1.165) is 27.8 Å². The minimum atomic E-state index is -0.384. The molecule has 0 unspecified atom stereocenters. The van der Waals surface area contributed by atoms with Crippen molar-refractivity contribution >= 4 is 23.6 Å². The predicted octanol–water partition coefficient (Wildman–Crippen LogP) is 3.60. The van der Waals surface area contributed by atoms with Crippen molar-refractivity contribution in [3.8, 4) is 11.3 Å². The normalized spacial score (nSPS) is 18.6. The third-order valence-electron chi connectivity index (χ3n) is 5.16. The van der Waals surface area contributed by atoms with Crippen molar-refractivity contribution in [2.24, 2.45) is 0 Å². The lowest BCUT2D eigenvalue weighted by atomic mass is 9.79. The smallest absolute Gasteiger partial charge is 0.399 e. The van der Waals surface area contributed by atoms with Gasteiger partial charge in [0.15, 0.2) is 0 Å². The average Bonchev–Trinajstić information content (AvgIpc) is 2.82. The van der Waals surface area contributed by atoms with E-state index in [4.69, 9.17) is 14.3 Å². The first-order valence-electron chi connectivity index (χ1n) is 8.53. The van der Waals surface area contributed by atoms with Gasteiger partial charge in [0.1, 0.15) is 0 Å². The summed E-state index contributed by atoms with van der Waals surface area (Å²) < 4.78 is 12.2. The van der Waals surface area contributed by atoms with Crippen LogP contribution in [0.5, 0.6) is 0 Å². The Morgan fingerprint density at radius 1 is 0.840 bits per heavy atom. The van der Waals surface area contributed by atoms with E-state index in [-0.39, 0.29) is 18.3 Å². The van der Waals surface area contributed by atoms with Gasteiger partial charge in [0, 0.05) is 5.56 Å². The molecule has 1 aliphatic heterocycles. The molecule has 1 aliphatic rings. The molecule has 0 bridgehead atoms. The number of hydrogen-bond donors (Lipinski definition) is 0. The molecule has 0 amide bonds. The maximum absolute atomic E-state index is 6.12. The Bertz CT molecular complexity index is 909. The number of aromatic nitrogens is 2. The molecule has 0 radical (unpaired) electrons. The van der Waals surface area contributed by atoms with Crippen molar-refractivity contribution < 1.29 is 9.31 Å². The Hall–Kier alpha value is -2.24. The van der Waals surface area contributed by atoms with Crippen LogP contribution in [0.1, 0.15) is 27.7 Å². The quantitative estimate of drug-likeness (QED) is 0.673. The molecule has 4 nitrogen and oxygen atoms in total. The first kappa shape index (κ1) is 16.2. The van der Waals surface area contributed by atoms with Gasteiger partial charge in [-0.2, -0.15) is 0 Å². The van der Waals surface area contributed by atoms with Crippen molar-refractivity contribution in [2.75, 3.05) is 0 Å². The molecule has 0 spiro atoms. The highest BCUT2D eigenvalue weighted by Crippen LogP contribution is 2.36. The topological polar surface area (TPSA) is 44.2 Å². The van der Waals surface area contributed by atoms with Crippen LogP contribution in [-0.4, -0.2) is 28.3 Å². The minimum Gasteiger partial charge on any atom is -0.399 e. The van der Waals surface area contributed by atoms with Gasteiger partial charge in [-0.1, -0.05) is 36.4 Å². The molecule has 4 rings (SSSR count). The van der Waals surface area contributed by atoms with E-state index >= 15 is 0 Å². The van der Waals surface area contributed by atoms with Crippen LogP contribution in [0.25, 0.3) is 22.3 Å². The lowest BCUT2D eigenvalue weighted by molar-refractivity contribution is 0.00578. The highest BCUT2D eigenvalue weighted by atomic mass is 16.7. The van der Waals surface area contributed by atoms with Crippen LogP contribution in [0.2, 0.25) is 0 Å². The summed E-state index contributed by atoms with van der Waals surface area (Å²) in [5.41, 5.74) is 3.90. The maximum Gasteiger partial charge on any atom is 0.494 e. The number of nitrogens with zero attached hydrogens (tertiary/aromatic N) is 2. The lowest BCUT2D eigenvalue weighted by Gasteiger charge is -2.32. The Morgan fingerprint density at radius 3 is 2.20 bits per heavy atom. The largest absolute Gasteiger partial charge is 0.494 e. The monoisotopic (exact) mass is 332 g/mol. The zero-order valence-corrected chi connectivity index (χ0v) is 15.0. The molecule has 1 saturated heterocycles. The predicted molar refractivity (Wildman–Crippen MR) is 101 cm³/mol. The third kappa shape index (κ3) is 2.83. The van der Waals surface area contributed by atoms with Crippen molar-refractivity contribution in [3.63, 3.8) is 0 Å². The van der Waals surface area contributed by atoms with E-state index in [2.05, 4.69) is 32.7 Å². The Kier molecular flexibility index (Phi) is 3.67. The number of fused-ring (bicyclic) bond motifs is 1. The molecular weight excluding hydrogens is 311 g/mol. The molecule has 3 aromatic rings. The summed E-state index contributed by atoms with van der Waals surface area (Å²) in [6.07, 6.45) is 1.81. The fraction of sp³-hybridized carbons (Fsp3) is 0.300. The van der Waals surface area contributed by atoms with Gasteiger partial charge >= 0.3 is 7.12 Å². The van der Waals surface area contributed by atoms with E-state index in [1.54, 1.807) is 0 Å². The van der Waals surface area contributed by atoms with Gasteiger partial charge in [0.05, 0.1) is 34.1 Å². The lowest BCUT2D eigenvalue weighted by Crippen LogP contribution is -2.41. The molecular formula is C20H21BN2O2. The zero-order chi connectivity index (χ0) is 17.7. The van der Waals surface area contributed by atoms with Crippen molar-refractivity contribution in [2.45, 2.75) is 38.9 Å². The molecule has 0 aliphatic carbocycles. The van der Waals surface area contributed by atoms with Gasteiger partial charge in [0.25, 0.3) is 0 Å². The summed E-state index contributed by atoms with van der Waals surface area (Å²) in [4.78, 5) is 9.31. The van der Waals surface area contributed by atoms with E-state index in [1.165, 1.54) is 0 Å². The first-order chi connectivity index (χ1) is 11.9. The number of rotatable bonds is 2. The fourth-order valence-corrected chi connectivity index (χ4v) is 2.90. The molecule has 25 heavy (non-hydrogen) atoms. The summed E-state index contributed by atoms with van der Waals surface area (Å²) in [7, 11) is -0.384. The number of benzene rings is 2. The summed E-state index contributed by atoms with van der Waals surface area (Å²) in [6.45, 7) is 8.22. The van der Waals surface area contributed by atoms with Crippen LogP contribution >= 0.6 is 0 Å². The van der Waals surface area contributed by atoms with Crippen molar-refractivity contribution in [1.29, 1.82) is 0 Å². The van der Waals surface area contributed by atoms with Crippen LogP contribution in [0.4, 0.5) is 0 Å². The van der Waals surface area contributed by atoms with E-state index in [0.29, 0.717) is 0 Å². The molecule has 1 fully saturated rings. The van der Waals surface area contributed by atoms with E-state index < -0.39 is 0 Å². The minimum absolute atomic E-state index is 0.352. The molecule has 5 heteroatoms. The SMILES string of the molecule is CC1(C)OB(c2ccc3nc(-c4ccccc4)cnc3c2)OC1(C)C. The second-order valence-corrected chi connectivity index (χ2v) is 7.46. The average molecular weight is 332 g/mol. The first-order valence-corrected chi connectivity index (χ1v) is 8.53. The van der Waals surface area contributed by atoms with Crippen molar-refractivity contribution in [3.05, 3.63) is 54.7 Å². The summed E-state index contributed by atoms with van der Waals surface area (Å²) in [5, 5.41) is 0. The Labute approximate surface area is 148 Å². The molecule has 2 aromatic carbocycles. The Balaban J connectivity index is 1.68. The third-order valence-corrected chi connectivity index (χ3v) is 5.16. The van der Waals surface area contributed by atoms with Gasteiger partial charge < -0.3 is 9.31 Å². The zero-order valence-electron chi connectivity index (χ0n) is 15.0. The van der Waals surface area contributed by atoms with Crippen LogP contribution in [-0.2, 0) is 9.31 Å². The van der Waals surface area contributed by atoms with Crippen LogP contribution in [0.15, 0.2) is 54.7 Å². The molecule has 0 atom stereocenters. The van der Waals surface area contributed by atoms with Gasteiger partial charge in [-0.3, -0.25) is 4.98 Å². The van der Waals surface area contributed by atoms with Gasteiger partial charge in [-0.25, -0.2) is 4.98 Å². The summed E-state index contributed by atoms with van der Waals surface area (Å²) >= 11 is 0. The fourth-order valence-electron chi connectivity index (χ4n) is 2.90. The van der Waals surface area contributed by atoms with Crippen LogP contribution in [0.3, 0.4) is 0 Å². The van der Waals surface area contributed by atoms with Gasteiger partial charge in [-0.15, -0.1) is 0 Å². The molecule has 0 saturated carbocycles. The van der Waals surface area contributed by atoms with E-state index in [1.807, 2.05) is 54.7 Å². The highest BCUT2D eigenvalue weighted by Gasteiger charge is 2.51. The summed E-state index contributed by atoms with van der Waals surface area (Å²) in [5.74, 6) is 0. The molecule has 1 aromatic heterocycles. The summed E-state index contributed by atoms with van der Waals surface area (Å²) in [6, 6.07) is 16.1. The standard InChI is InChI=1S/C20H21BN2O2/c1-19(2)20(3,4)25-21(24-19)15-10-11-16-17(12-15)22-13-18(23-16)14-8-6-5-7-9-14/h5-13H,1-4H3. The van der Waals surface area contributed by atoms with Crippen LogP contribution in [0, 0.1) is 0 Å². The maximum atomic E-state index is 6.12. The second kappa shape index (κ2) is 5.65. The Morgan fingerprint density at radius 2 is 1.52 bits per heavy atom. The molecule has 2 heterocycles. The van der Waals surface area contributed by atoms with E-state index in [9.17, 15) is 0 Å². The van der Waals surface area contributed by atoms with Gasteiger partial charge in [0.2, 0.25) is 0 Å². The second-order valence-electron chi connectivity index (χ2n) is 7.46. The number of hydrogen-bond acceptors (Lipinski definition) is 4. The van der Waals surface area contributed by atoms with Gasteiger partial charge in [-0.05, 0) is 45.3 Å². The van der Waals surface area contributed by atoms with Crippen LogP contribution < -0.4 is 5.46 Å². The molecule has 0 N–H and O–H groups in total.